The number of hydrogen-bond donors (Lipinski definition) is 1. The largest absolute Gasteiger partial charge is 0.502 e. The van der Waals surface area contributed by atoms with Crippen LogP contribution in [0.15, 0.2) is 53.9 Å². The van der Waals surface area contributed by atoms with Gasteiger partial charge in [-0.15, -0.1) is 0 Å². The number of benzene rings is 1. The third-order valence-corrected chi connectivity index (χ3v) is 7.77. The highest BCUT2D eigenvalue weighted by molar-refractivity contribution is 6.31. The van der Waals surface area contributed by atoms with Crippen molar-refractivity contribution in [3.8, 4) is 11.5 Å². The lowest BCUT2D eigenvalue weighted by atomic mass is 9.72. The van der Waals surface area contributed by atoms with Gasteiger partial charge in [0.25, 0.3) is 5.91 Å². The Labute approximate surface area is 225 Å². The van der Waals surface area contributed by atoms with Gasteiger partial charge in [0.1, 0.15) is 25.6 Å². The molecule has 1 atom stereocenters. The summed E-state index contributed by atoms with van der Waals surface area (Å²) in [7, 11) is 1.57. The van der Waals surface area contributed by atoms with Crippen molar-refractivity contribution < 1.29 is 28.2 Å². The van der Waals surface area contributed by atoms with Crippen molar-refractivity contribution in [3.05, 3.63) is 92.9 Å². The molecule has 1 amide bonds. The first kappa shape index (κ1) is 25.3. The second kappa shape index (κ2) is 9.31. The molecule has 202 valence electrons. The number of carbonyl (C=O) groups excluding carboxylic acids is 1. The average Bonchev–Trinajstić information content (AvgIpc) is 2.92. The van der Waals surface area contributed by atoms with E-state index in [0.29, 0.717) is 12.8 Å². The van der Waals surface area contributed by atoms with Crippen LogP contribution < -0.4 is 15.2 Å². The van der Waals surface area contributed by atoms with Gasteiger partial charge in [0.05, 0.1) is 22.4 Å². The van der Waals surface area contributed by atoms with Crippen LogP contribution in [-0.4, -0.2) is 62.6 Å². The normalized spacial score (nSPS) is 24.8. The summed E-state index contributed by atoms with van der Waals surface area (Å²) in [4.78, 5) is 36.2. The molecule has 39 heavy (non-hydrogen) atoms. The Balaban J connectivity index is 1.67. The molecule has 10 nitrogen and oxygen atoms in total. The van der Waals surface area contributed by atoms with E-state index in [1.165, 1.54) is 34.4 Å². The first-order valence-corrected chi connectivity index (χ1v) is 12.4. The topological polar surface area (TPSA) is 110 Å². The van der Waals surface area contributed by atoms with Gasteiger partial charge in [0, 0.05) is 44.0 Å². The molecule has 13 heteroatoms. The molecular weight excluding hydrogens is 536 g/mol. The molecular formula is C26H22ClF2N5O5. The standard InChI is InChI=1S/C26H22ClF2N5O5/c1-38-14-9-26(10-14)6-2-8-39-24-15(3-4-17(28)19(24)29)21(20-16(27)11-30-12-31-20)34-13-32(26)25(37)22-23(36)18(35)5-7-33(22)34/h2-7,11-12,14,21,36H,8-10,13H2,1H3/b6-2+. The first-order valence-electron chi connectivity index (χ1n) is 12.1. The van der Waals surface area contributed by atoms with Crippen LogP contribution in [-0.2, 0) is 4.74 Å². The number of fused-ring (bicyclic) bond motifs is 6. The molecule has 1 saturated carbocycles. The van der Waals surface area contributed by atoms with E-state index < -0.39 is 40.3 Å². The number of ether oxygens (including phenoxy) is 2. The number of amides is 1. The molecule has 3 aliphatic rings. The van der Waals surface area contributed by atoms with Crippen molar-refractivity contribution in [2.45, 2.75) is 30.5 Å². The Morgan fingerprint density at radius 2 is 2.03 bits per heavy atom. The Morgan fingerprint density at radius 3 is 2.77 bits per heavy atom. The van der Waals surface area contributed by atoms with E-state index in [1.54, 1.807) is 24.3 Å². The maximum atomic E-state index is 15.3. The summed E-state index contributed by atoms with van der Waals surface area (Å²) >= 11 is 6.54. The van der Waals surface area contributed by atoms with Crippen LogP contribution >= 0.6 is 11.6 Å². The minimum absolute atomic E-state index is 0.0989. The quantitative estimate of drug-likeness (QED) is 0.479. The van der Waals surface area contributed by atoms with Gasteiger partial charge >= 0.3 is 0 Å². The van der Waals surface area contributed by atoms with Crippen molar-refractivity contribution in [1.29, 1.82) is 0 Å². The Bertz CT molecular complexity index is 1570. The SMILES string of the molecule is COC1CC2(/C=C/COc3c(ccc(F)c3F)C(c3ncncc3Cl)N3CN2C(=O)c2c(O)c(=O)ccn23)C1. The molecule has 1 aromatic carbocycles. The molecule has 2 aromatic heterocycles. The van der Waals surface area contributed by atoms with Gasteiger partial charge in [-0.25, -0.2) is 14.4 Å². The van der Waals surface area contributed by atoms with Crippen LogP contribution in [0.5, 0.6) is 11.5 Å². The molecule has 0 radical (unpaired) electrons. The lowest BCUT2D eigenvalue weighted by Crippen LogP contribution is -2.67. The van der Waals surface area contributed by atoms with Crippen LogP contribution in [0, 0.1) is 11.6 Å². The lowest BCUT2D eigenvalue weighted by Gasteiger charge is -2.55. The van der Waals surface area contributed by atoms with Gasteiger partial charge in [0.2, 0.25) is 11.2 Å². The van der Waals surface area contributed by atoms with E-state index in [0.717, 1.165) is 12.1 Å². The molecule has 1 aliphatic carbocycles. The van der Waals surface area contributed by atoms with Gasteiger partial charge in [-0.3, -0.25) is 19.3 Å². The second-order valence-electron chi connectivity index (χ2n) is 9.56. The zero-order valence-electron chi connectivity index (χ0n) is 20.6. The fraction of sp³-hybridized carbons (Fsp3) is 0.308. The number of halogens is 3. The van der Waals surface area contributed by atoms with Crippen LogP contribution in [0.25, 0.3) is 0 Å². The van der Waals surface area contributed by atoms with Crippen molar-refractivity contribution >= 4 is 17.5 Å². The fourth-order valence-corrected chi connectivity index (χ4v) is 5.72. The molecule has 1 spiro atoms. The molecule has 1 unspecified atom stereocenters. The molecule has 1 N–H and O–H groups in total. The van der Waals surface area contributed by atoms with Crippen LogP contribution in [0.2, 0.25) is 5.02 Å². The number of hydrogen-bond acceptors (Lipinski definition) is 8. The molecule has 2 aliphatic heterocycles. The summed E-state index contributed by atoms with van der Waals surface area (Å²) in [5.41, 5.74) is -1.56. The van der Waals surface area contributed by atoms with Gasteiger partial charge in [-0.1, -0.05) is 17.7 Å². The highest BCUT2D eigenvalue weighted by atomic mass is 35.5. The maximum Gasteiger partial charge on any atom is 0.278 e. The molecule has 3 aromatic rings. The third-order valence-electron chi connectivity index (χ3n) is 7.48. The van der Waals surface area contributed by atoms with Crippen molar-refractivity contribution in [2.24, 2.45) is 0 Å². The van der Waals surface area contributed by atoms with Crippen molar-refractivity contribution in [2.75, 3.05) is 25.4 Å². The van der Waals surface area contributed by atoms with Crippen molar-refractivity contribution in [3.63, 3.8) is 0 Å². The van der Waals surface area contributed by atoms with E-state index >= 15 is 4.39 Å². The summed E-state index contributed by atoms with van der Waals surface area (Å²) in [6, 6.07) is 2.34. The maximum absolute atomic E-state index is 15.3. The predicted molar refractivity (Wildman–Crippen MR) is 134 cm³/mol. The molecule has 4 heterocycles. The number of aromatic nitrogens is 3. The van der Waals surface area contributed by atoms with Gasteiger partial charge < -0.3 is 19.5 Å². The Morgan fingerprint density at radius 1 is 1.23 bits per heavy atom. The minimum Gasteiger partial charge on any atom is -0.502 e. The number of methoxy groups -OCH3 is 1. The third kappa shape index (κ3) is 3.85. The van der Waals surface area contributed by atoms with Gasteiger partial charge in [0.15, 0.2) is 23.0 Å². The first-order chi connectivity index (χ1) is 18.8. The molecule has 6 rings (SSSR count). The van der Waals surface area contributed by atoms with E-state index in [-0.39, 0.29) is 47.1 Å². The smallest absolute Gasteiger partial charge is 0.278 e. The number of pyridine rings is 1. The molecule has 0 saturated heterocycles. The zero-order chi connectivity index (χ0) is 27.5. The summed E-state index contributed by atoms with van der Waals surface area (Å²) in [6.07, 6.45) is 8.02. The van der Waals surface area contributed by atoms with E-state index in [2.05, 4.69) is 9.97 Å². The fourth-order valence-electron chi connectivity index (χ4n) is 5.51. The Hall–Kier alpha value is -4.03. The lowest BCUT2D eigenvalue weighted by molar-refractivity contribution is -0.0602. The van der Waals surface area contributed by atoms with E-state index in [4.69, 9.17) is 21.1 Å². The monoisotopic (exact) mass is 557 g/mol. The second-order valence-corrected chi connectivity index (χ2v) is 9.96. The highest BCUT2D eigenvalue weighted by Gasteiger charge is 2.53. The predicted octanol–water partition coefficient (Wildman–Crippen LogP) is 2.91. The molecule has 2 bridgehead atoms. The highest BCUT2D eigenvalue weighted by Crippen LogP contribution is 2.46. The zero-order valence-corrected chi connectivity index (χ0v) is 21.3. The number of aromatic hydroxyl groups is 1. The van der Waals surface area contributed by atoms with E-state index in [1.807, 2.05) is 0 Å². The van der Waals surface area contributed by atoms with Crippen molar-refractivity contribution in [1.82, 2.24) is 19.5 Å². The van der Waals surface area contributed by atoms with Gasteiger partial charge in [-0.2, -0.15) is 4.39 Å². The number of rotatable bonds is 2. The summed E-state index contributed by atoms with van der Waals surface area (Å²) in [5.74, 6) is -4.02. The average molecular weight is 558 g/mol. The molecule has 1 fully saturated rings. The van der Waals surface area contributed by atoms with Crippen LogP contribution in [0.3, 0.4) is 0 Å². The van der Waals surface area contributed by atoms with Crippen LogP contribution in [0.4, 0.5) is 8.78 Å². The summed E-state index contributed by atoms with van der Waals surface area (Å²) < 4.78 is 42.3. The summed E-state index contributed by atoms with van der Waals surface area (Å²) in [5, 5.41) is 12.5. The van der Waals surface area contributed by atoms with E-state index in [9.17, 15) is 19.1 Å². The summed E-state index contributed by atoms with van der Waals surface area (Å²) in [6.45, 7) is -0.229. The van der Waals surface area contributed by atoms with Crippen LogP contribution in [0.1, 0.15) is 40.6 Å². The Kier molecular flexibility index (Phi) is 6.03. The number of nitrogens with zero attached hydrogens (tertiary/aromatic N) is 5. The minimum atomic E-state index is -1.21. The number of carbonyl (C=O) groups is 1. The van der Waals surface area contributed by atoms with Gasteiger partial charge in [-0.05, 0) is 18.2 Å².